The summed E-state index contributed by atoms with van der Waals surface area (Å²) in [6, 6.07) is 8.73. The molecule has 2 amide bonds. The van der Waals surface area contributed by atoms with Gasteiger partial charge < -0.3 is 10.2 Å². The third-order valence-electron chi connectivity index (χ3n) is 4.88. The summed E-state index contributed by atoms with van der Waals surface area (Å²) in [6.07, 6.45) is 1.74. The number of hydrogen-bond donors (Lipinski definition) is 1. The van der Waals surface area contributed by atoms with Crippen LogP contribution in [0.3, 0.4) is 0 Å². The number of nitrogens with one attached hydrogen (secondary N) is 1. The van der Waals surface area contributed by atoms with E-state index >= 15 is 0 Å². The number of nitrogens with zero attached hydrogens (tertiary/aromatic N) is 2. The second-order valence-corrected chi connectivity index (χ2v) is 10.0. The number of rotatable bonds is 7. The molecule has 1 aliphatic heterocycles. The van der Waals surface area contributed by atoms with Gasteiger partial charge in [0, 0.05) is 23.0 Å². The quantitative estimate of drug-likeness (QED) is 0.723. The summed E-state index contributed by atoms with van der Waals surface area (Å²) in [6.45, 7) is 4.49. The van der Waals surface area contributed by atoms with Crippen LogP contribution in [0.15, 0.2) is 35.7 Å². The molecule has 2 heterocycles. The first-order chi connectivity index (χ1) is 13.7. The van der Waals surface area contributed by atoms with Gasteiger partial charge in [-0.1, -0.05) is 6.07 Å². The van der Waals surface area contributed by atoms with Crippen LogP contribution in [0.25, 0.3) is 0 Å². The molecule has 9 heteroatoms. The molecule has 7 nitrogen and oxygen atoms in total. The first-order valence-electron chi connectivity index (χ1n) is 9.41. The Balaban J connectivity index is 1.70. The number of amides is 2. The number of benzene rings is 1. The summed E-state index contributed by atoms with van der Waals surface area (Å²) in [5.41, 5.74) is 1.90. The van der Waals surface area contributed by atoms with Crippen molar-refractivity contribution < 1.29 is 18.0 Å². The lowest BCUT2D eigenvalue weighted by atomic mass is 10.1. The van der Waals surface area contributed by atoms with Gasteiger partial charge in [0.2, 0.25) is 15.9 Å². The Bertz CT molecular complexity index is 1000. The molecule has 1 atom stereocenters. The van der Waals surface area contributed by atoms with Crippen LogP contribution < -0.4 is 9.62 Å². The Morgan fingerprint density at radius 3 is 2.69 bits per heavy atom. The second-order valence-electron chi connectivity index (χ2n) is 7.13. The van der Waals surface area contributed by atoms with Crippen LogP contribution in [-0.4, -0.2) is 50.5 Å². The zero-order chi connectivity index (χ0) is 21.2. The van der Waals surface area contributed by atoms with Crippen LogP contribution in [0.1, 0.15) is 34.6 Å². The molecule has 1 N–H and O–H groups in total. The van der Waals surface area contributed by atoms with Crippen molar-refractivity contribution in [1.82, 2.24) is 10.2 Å². The summed E-state index contributed by atoms with van der Waals surface area (Å²) < 4.78 is 25.5. The van der Waals surface area contributed by atoms with Crippen molar-refractivity contribution in [2.75, 3.05) is 23.7 Å². The summed E-state index contributed by atoms with van der Waals surface area (Å²) in [4.78, 5) is 27.7. The number of carbonyl (C=O) groups excluding carboxylic acids is 2. The van der Waals surface area contributed by atoms with Gasteiger partial charge in [-0.25, -0.2) is 8.42 Å². The standard InChI is InChI=1S/C20H25N3O4S2/c1-4-22(13-19(24)21-12-17-6-5-9-28-17)20(25)15-7-8-18-16(11-15)10-14(2)23(18)29(3,26)27/h5-9,11,14H,4,10,12-13H2,1-3H3,(H,21,24)/t14-/m0/s1. The molecule has 0 spiro atoms. The predicted molar refractivity (Wildman–Crippen MR) is 115 cm³/mol. The van der Waals surface area contributed by atoms with Gasteiger partial charge in [0.25, 0.3) is 5.91 Å². The number of hydrogen-bond acceptors (Lipinski definition) is 5. The maximum atomic E-state index is 12.9. The van der Waals surface area contributed by atoms with Crippen molar-refractivity contribution in [2.24, 2.45) is 0 Å². The van der Waals surface area contributed by atoms with Gasteiger partial charge in [-0.05, 0) is 55.5 Å². The molecular formula is C20H25N3O4S2. The molecule has 156 valence electrons. The number of sulfonamides is 1. The van der Waals surface area contributed by atoms with Gasteiger partial charge in [-0.3, -0.25) is 13.9 Å². The van der Waals surface area contributed by atoms with E-state index in [0.717, 1.165) is 10.4 Å². The van der Waals surface area contributed by atoms with Gasteiger partial charge in [0.1, 0.15) is 0 Å². The summed E-state index contributed by atoms with van der Waals surface area (Å²) in [5, 5.41) is 4.78. The lowest BCUT2D eigenvalue weighted by Gasteiger charge is -2.22. The van der Waals surface area contributed by atoms with Crippen LogP contribution in [0.5, 0.6) is 0 Å². The molecule has 0 saturated heterocycles. The molecule has 0 aliphatic carbocycles. The molecule has 0 fully saturated rings. The minimum atomic E-state index is -3.37. The summed E-state index contributed by atoms with van der Waals surface area (Å²) >= 11 is 1.56. The molecule has 0 bridgehead atoms. The van der Waals surface area contributed by atoms with E-state index < -0.39 is 10.0 Å². The Kier molecular flexibility index (Phi) is 6.28. The highest BCUT2D eigenvalue weighted by Gasteiger charge is 2.33. The van der Waals surface area contributed by atoms with E-state index in [-0.39, 0.29) is 24.4 Å². The van der Waals surface area contributed by atoms with Crippen LogP contribution in [0.4, 0.5) is 5.69 Å². The Labute approximate surface area is 175 Å². The molecule has 0 saturated carbocycles. The van der Waals surface area contributed by atoms with E-state index in [1.54, 1.807) is 29.5 Å². The normalized spacial score (nSPS) is 15.8. The molecule has 1 aliphatic rings. The molecule has 2 aromatic rings. The number of likely N-dealkylation sites (N-methyl/N-ethyl adjacent to an activating group) is 1. The first kappa shape index (κ1) is 21.3. The van der Waals surface area contributed by atoms with Gasteiger partial charge in [0.05, 0.1) is 25.0 Å². The second kappa shape index (κ2) is 8.54. The lowest BCUT2D eigenvalue weighted by molar-refractivity contribution is -0.121. The fourth-order valence-electron chi connectivity index (χ4n) is 3.58. The fourth-order valence-corrected chi connectivity index (χ4v) is 5.49. The maximum absolute atomic E-state index is 12.9. The fraction of sp³-hybridized carbons (Fsp3) is 0.400. The van der Waals surface area contributed by atoms with Gasteiger partial charge in [-0.2, -0.15) is 0 Å². The van der Waals surface area contributed by atoms with Crippen molar-refractivity contribution in [1.29, 1.82) is 0 Å². The largest absolute Gasteiger partial charge is 0.350 e. The number of anilines is 1. The molecular weight excluding hydrogens is 410 g/mol. The van der Waals surface area contributed by atoms with E-state index in [1.165, 1.54) is 15.5 Å². The molecule has 29 heavy (non-hydrogen) atoms. The van der Waals surface area contributed by atoms with Crippen LogP contribution >= 0.6 is 11.3 Å². The minimum absolute atomic E-state index is 0.0241. The lowest BCUT2D eigenvalue weighted by Crippen LogP contribution is -2.40. The molecule has 1 aromatic heterocycles. The Morgan fingerprint density at radius 1 is 1.31 bits per heavy atom. The zero-order valence-corrected chi connectivity index (χ0v) is 18.3. The van der Waals surface area contributed by atoms with Crippen molar-refractivity contribution in [3.63, 3.8) is 0 Å². The topological polar surface area (TPSA) is 86.8 Å². The van der Waals surface area contributed by atoms with Crippen LogP contribution in [0, 0.1) is 0 Å². The monoisotopic (exact) mass is 435 g/mol. The number of thiophene rings is 1. The van der Waals surface area contributed by atoms with E-state index in [4.69, 9.17) is 0 Å². The van der Waals surface area contributed by atoms with Gasteiger partial charge >= 0.3 is 0 Å². The van der Waals surface area contributed by atoms with Crippen LogP contribution in [-0.2, 0) is 27.8 Å². The van der Waals surface area contributed by atoms with Gasteiger partial charge in [0.15, 0.2) is 0 Å². The maximum Gasteiger partial charge on any atom is 0.254 e. The van der Waals surface area contributed by atoms with E-state index in [9.17, 15) is 18.0 Å². The van der Waals surface area contributed by atoms with E-state index in [2.05, 4.69) is 5.32 Å². The SMILES string of the molecule is CCN(CC(=O)NCc1cccs1)C(=O)c1ccc2c(c1)C[C@H](C)N2S(C)(=O)=O. The van der Waals surface area contributed by atoms with Crippen molar-refractivity contribution in [3.05, 3.63) is 51.7 Å². The smallest absolute Gasteiger partial charge is 0.254 e. The number of fused-ring (bicyclic) bond motifs is 1. The Hall–Kier alpha value is -2.39. The van der Waals surface area contributed by atoms with E-state index in [1.807, 2.05) is 31.4 Å². The van der Waals surface area contributed by atoms with Gasteiger partial charge in [-0.15, -0.1) is 11.3 Å². The third kappa shape index (κ3) is 4.79. The van der Waals surface area contributed by atoms with Crippen molar-refractivity contribution in [2.45, 2.75) is 32.9 Å². The summed E-state index contributed by atoms with van der Waals surface area (Å²) in [5.74, 6) is -0.460. The highest BCUT2D eigenvalue weighted by Crippen LogP contribution is 2.34. The minimum Gasteiger partial charge on any atom is -0.350 e. The molecule has 1 aromatic carbocycles. The highest BCUT2D eigenvalue weighted by atomic mass is 32.2. The average Bonchev–Trinajstić information content (AvgIpc) is 3.29. The molecule has 0 radical (unpaired) electrons. The molecule has 0 unspecified atom stereocenters. The average molecular weight is 436 g/mol. The van der Waals surface area contributed by atoms with Crippen LogP contribution in [0.2, 0.25) is 0 Å². The molecule has 3 rings (SSSR count). The third-order valence-corrected chi connectivity index (χ3v) is 7.03. The predicted octanol–water partition coefficient (Wildman–Crippen LogP) is 2.24. The van der Waals surface area contributed by atoms with E-state index in [0.29, 0.717) is 30.8 Å². The number of carbonyl (C=O) groups is 2. The highest BCUT2D eigenvalue weighted by molar-refractivity contribution is 7.92. The zero-order valence-electron chi connectivity index (χ0n) is 16.7. The van der Waals surface area contributed by atoms with Crippen molar-refractivity contribution >= 4 is 38.9 Å². The van der Waals surface area contributed by atoms with Crippen molar-refractivity contribution in [3.8, 4) is 0 Å². The summed E-state index contributed by atoms with van der Waals surface area (Å²) in [7, 11) is -3.37. The first-order valence-corrected chi connectivity index (χ1v) is 12.1. The Morgan fingerprint density at radius 2 is 2.07 bits per heavy atom.